The SMILES string of the molecule is CC(=O)[C@@]1(O)CCC2C3CCC4=CC(=NOCC(=O)NC(CC(N)=O)C(=O)O)CC[C@]4(C)C3CC[C@@]21C. The summed E-state index contributed by atoms with van der Waals surface area (Å²) < 4.78 is 0. The molecule has 3 fully saturated rings. The maximum atomic E-state index is 12.4. The average molecular weight is 518 g/mol. The van der Waals surface area contributed by atoms with E-state index in [1.54, 1.807) is 0 Å². The lowest BCUT2D eigenvalue weighted by molar-refractivity contribution is -0.159. The molecule has 10 heteroatoms. The van der Waals surface area contributed by atoms with E-state index in [-0.39, 0.29) is 16.6 Å². The summed E-state index contributed by atoms with van der Waals surface area (Å²) in [6.07, 6.45) is 8.43. The predicted molar refractivity (Wildman–Crippen MR) is 134 cm³/mol. The molecular formula is C27H39N3O7. The van der Waals surface area contributed by atoms with Crippen LogP contribution in [-0.4, -0.2) is 57.7 Å². The van der Waals surface area contributed by atoms with Crippen molar-refractivity contribution >= 4 is 29.3 Å². The fourth-order valence-corrected chi connectivity index (χ4v) is 8.05. The Kier molecular flexibility index (Phi) is 7.27. The van der Waals surface area contributed by atoms with E-state index in [1.807, 2.05) is 0 Å². The Balaban J connectivity index is 1.40. The van der Waals surface area contributed by atoms with Gasteiger partial charge in [0.1, 0.15) is 11.6 Å². The normalized spacial score (nSPS) is 38.4. The van der Waals surface area contributed by atoms with Crippen LogP contribution in [0.5, 0.6) is 0 Å². The molecule has 4 unspecified atom stereocenters. The Morgan fingerprint density at radius 1 is 1.14 bits per heavy atom. The van der Waals surface area contributed by atoms with Gasteiger partial charge in [-0.1, -0.05) is 24.6 Å². The van der Waals surface area contributed by atoms with E-state index < -0.39 is 42.5 Å². The third-order valence-electron chi connectivity index (χ3n) is 10.1. The number of hydrogen-bond acceptors (Lipinski definition) is 7. The first-order valence-corrected chi connectivity index (χ1v) is 13.3. The molecule has 0 spiro atoms. The van der Waals surface area contributed by atoms with Crippen molar-refractivity contribution in [3.05, 3.63) is 11.6 Å². The van der Waals surface area contributed by atoms with Gasteiger partial charge in [-0.2, -0.15) is 0 Å². The molecular weight excluding hydrogens is 478 g/mol. The Bertz CT molecular complexity index is 1050. The van der Waals surface area contributed by atoms with E-state index in [2.05, 4.69) is 30.4 Å². The number of carboxylic acids is 1. The van der Waals surface area contributed by atoms with Crippen molar-refractivity contribution in [3.63, 3.8) is 0 Å². The number of ketones is 1. The number of oxime groups is 1. The smallest absolute Gasteiger partial charge is 0.326 e. The third-order valence-corrected chi connectivity index (χ3v) is 10.1. The van der Waals surface area contributed by atoms with Crippen molar-refractivity contribution in [1.82, 2.24) is 5.32 Å². The van der Waals surface area contributed by atoms with Crippen molar-refractivity contribution < 1.29 is 34.2 Å². The van der Waals surface area contributed by atoms with Crippen LogP contribution in [0.25, 0.3) is 0 Å². The summed E-state index contributed by atoms with van der Waals surface area (Å²) in [5, 5.41) is 26.8. The van der Waals surface area contributed by atoms with Crippen molar-refractivity contribution in [2.75, 3.05) is 6.61 Å². The van der Waals surface area contributed by atoms with E-state index in [0.29, 0.717) is 30.6 Å². The molecule has 0 aromatic heterocycles. The molecule has 0 bridgehead atoms. The topological polar surface area (TPSA) is 168 Å². The molecule has 0 aromatic rings. The Morgan fingerprint density at radius 2 is 1.84 bits per heavy atom. The number of allylic oxidation sites excluding steroid dienone is 2. The third kappa shape index (κ3) is 4.69. The van der Waals surface area contributed by atoms with E-state index in [9.17, 15) is 24.3 Å². The molecule has 0 saturated heterocycles. The average Bonchev–Trinajstić information content (AvgIpc) is 3.10. The van der Waals surface area contributed by atoms with E-state index in [0.717, 1.165) is 44.2 Å². The van der Waals surface area contributed by atoms with Gasteiger partial charge < -0.3 is 26.1 Å². The molecule has 0 aliphatic heterocycles. The zero-order valence-electron chi connectivity index (χ0n) is 21.9. The lowest BCUT2D eigenvalue weighted by Gasteiger charge is -2.59. The summed E-state index contributed by atoms with van der Waals surface area (Å²) in [7, 11) is 0. The quantitative estimate of drug-likeness (QED) is 0.357. The highest BCUT2D eigenvalue weighted by Crippen LogP contribution is 2.67. The predicted octanol–water partition coefficient (Wildman–Crippen LogP) is 2.09. The monoisotopic (exact) mass is 517 g/mol. The van der Waals surface area contributed by atoms with Crippen LogP contribution in [0.2, 0.25) is 0 Å². The van der Waals surface area contributed by atoms with Gasteiger partial charge in [0.25, 0.3) is 5.91 Å². The number of nitrogens with two attached hydrogens (primary N) is 1. The van der Waals surface area contributed by atoms with Gasteiger partial charge in [-0.25, -0.2) is 4.79 Å². The summed E-state index contributed by atoms with van der Waals surface area (Å²) in [5.74, 6) is -1.65. The molecule has 3 saturated carbocycles. The highest BCUT2D eigenvalue weighted by Gasteiger charge is 2.65. The van der Waals surface area contributed by atoms with Crippen LogP contribution in [0.4, 0.5) is 0 Å². The largest absolute Gasteiger partial charge is 0.480 e. The van der Waals surface area contributed by atoms with Gasteiger partial charge in [-0.05, 0) is 87.5 Å². The number of amides is 2. The number of carbonyl (C=O) groups is 4. The van der Waals surface area contributed by atoms with Crippen molar-refractivity contribution in [3.8, 4) is 0 Å². The number of fused-ring (bicyclic) bond motifs is 5. The molecule has 4 aliphatic rings. The van der Waals surface area contributed by atoms with Crippen molar-refractivity contribution in [2.24, 2.45) is 39.5 Å². The number of nitrogens with zero attached hydrogens (tertiary/aromatic N) is 1. The Labute approximate surface area is 217 Å². The number of Topliss-reactive ketones (excluding diaryl/α,β-unsaturated/α-hetero) is 1. The van der Waals surface area contributed by atoms with E-state index >= 15 is 0 Å². The van der Waals surface area contributed by atoms with Crippen LogP contribution in [0.1, 0.15) is 78.6 Å². The standard InChI is InChI=1S/C27H39N3O7/c1-15(31)27(36)11-8-20-18-5-4-16-12-17(6-9-25(16,2)19(18)7-10-26(20,27)3)30-37-14-23(33)29-21(24(34)35)13-22(28)32/h12,18-21,36H,4-11,13-14H2,1-3H3,(H2,28,32)(H,29,33)(H,34,35)/t18?,19?,20?,21?,25-,26-,27-/m0/s1. The number of aliphatic hydroxyl groups is 1. The van der Waals surface area contributed by atoms with Crippen molar-refractivity contribution in [2.45, 2.75) is 90.2 Å². The zero-order valence-corrected chi connectivity index (χ0v) is 21.9. The first kappa shape index (κ1) is 27.3. The second-order valence-corrected chi connectivity index (χ2v) is 11.9. The zero-order chi connectivity index (χ0) is 27.2. The van der Waals surface area contributed by atoms with Gasteiger partial charge in [-0.3, -0.25) is 14.4 Å². The first-order valence-electron chi connectivity index (χ1n) is 13.3. The van der Waals surface area contributed by atoms with Crippen LogP contribution < -0.4 is 11.1 Å². The maximum absolute atomic E-state index is 12.4. The molecule has 0 aromatic carbocycles. The number of primary amides is 1. The highest BCUT2D eigenvalue weighted by molar-refractivity contribution is 5.96. The molecule has 37 heavy (non-hydrogen) atoms. The second-order valence-electron chi connectivity index (χ2n) is 11.9. The lowest BCUT2D eigenvalue weighted by atomic mass is 9.46. The van der Waals surface area contributed by atoms with Crippen LogP contribution in [0.3, 0.4) is 0 Å². The van der Waals surface area contributed by atoms with Gasteiger partial charge in [0.2, 0.25) is 5.91 Å². The summed E-state index contributed by atoms with van der Waals surface area (Å²) in [6, 6.07) is -1.40. The number of nitrogens with one attached hydrogen (secondary N) is 1. The second kappa shape index (κ2) is 9.85. The number of aliphatic carboxylic acids is 1. The Hall–Kier alpha value is -2.75. The molecule has 5 N–H and O–H groups in total. The molecule has 10 nitrogen and oxygen atoms in total. The fraction of sp³-hybridized carbons (Fsp3) is 0.741. The van der Waals surface area contributed by atoms with Crippen LogP contribution in [0, 0.1) is 28.6 Å². The Morgan fingerprint density at radius 3 is 2.49 bits per heavy atom. The van der Waals surface area contributed by atoms with E-state index in [1.165, 1.54) is 12.5 Å². The molecule has 0 heterocycles. The maximum Gasteiger partial charge on any atom is 0.326 e. The lowest BCUT2D eigenvalue weighted by Crippen LogP contribution is -2.57. The first-order chi connectivity index (χ1) is 17.3. The van der Waals surface area contributed by atoms with Gasteiger partial charge in [-0.15, -0.1) is 0 Å². The minimum atomic E-state index is -1.40. The number of rotatable bonds is 8. The van der Waals surface area contributed by atoms with Crippen LogP contribution in [0.15, 0.2) is 16.8 Å². The van der Waals surface area contributed by atoms with Crippen LogP contribution in [-0.2, 0) is 24.0 Å². The van der Waals surface area contributed by atoms with Crippen LogP contribution >= 0.6 is 0 Å². The minimum absolute atomic E-state index is 0.0288. The highest BCUT2D eigenvalue weighted by atomic mass is 16.6. The van der Waals surface area contributed by atoms with Gasteiger partial charge in [0.05, 0.1) is 12.1 Å². The minimum Gasteiger partial charge on any atom is -0.480 e. The number of carboxylic acid groups (broad SMARTS) is 1. The summed E-state index contributed by atoms with van der Waals surface area (Å²) in [6.45, 7) is 5.53. The van der Waals surface area contributed by atoms with E-state index in [4.69, 9.17) is 15.7 Å². The van der Waals surface area contributed by atoms with Gasteiger partial charge in [0.15, 0.2) is 12.4 Å². The molecule has 204 valence electrons. The number of carbonyl (C=O) groups excluding carboxylic acids is 3. The fourth-order valence-electron chi connectivity index (χ4n) is 8.05. The summed E-state index contributed by atoms with van der Waals surface area (Å²) >= 11 is 0. The van der Waals surface area contributed by atoms with Gasteiger partial charge >= 0.3 is 5.97 Å². The molecule has 7 atom stereocenters. The molecule has 4 aliphatic carbocycles. The summed E-state index contributed by atoms with van der Waals surface area (Å²) in [4.78, 5) is 51.8. The van der Waals surface area contributed by atoms with Gasteiger partial charge in [0, 0.05) is 5.41 Å². The molecule has 0 radical (unpaired) electrons. The number of hydrogen-bond donors (Lipinski definition) is 4. The molecule has 4 rings (SSSR count). The van der Waals surface area contributed by atoms with Crippen molar-refractivity contribution in [1.29, 1.82) is 0 Å². The summed E-state index contributed by atoms with van der Waals surface area (Å²) in [5.41, 5.74) is 5.58. The molecule has 2 amide bonds.